The van der Waals surface area contributed by atoms with Crippen molar-refractivity contribution in [1.29, 1.82) is 0 Å². The molecule has 0 bridgehead atoms. The number of benzene rings is 2. The van der Waals surface area contributed by atoms with E-state index in [2.05, 4.69) is 101 Å². The van der Waals surface area contributed by atoms with Gasteiger partial charge in [0.2, 0.25) is 0 Å². The lowest BCUT2D eigenvalue weighted by Gasteiger charge is -2.55. The van der Waals surface area contributed by atoms with Crippen molar-refractivity contribution < 1.29 is 5.11 Å². The summed E-state index contributed by atoms with van der Waals surface area (Å²) in [6.45, 7) is 8.13. The second-order valence-corrected chi connectivity index (χ2v) is 11.5. The Kier molecular flexibility index (Phi) is 6.25. The molecule has 4 heterocycles. The zero-order chi connectivity index (χ0) is 27.2. The lowest BCUT2D eigenvalue weighted by molar-refractivity contribution is -0.127. The molecular weight excluding hydrogens is 482 g/mol. The Morgan fingerprint density at radius 2 is 1.67 bits per heavy atom. The van der Waals surface area contributed by atoms with Gasteiger partial charge < -0.3 is 14.6 Å². The first-order valence-corrected chi connectivity index (χ1v) is 13.5. The second kappa shape index (κ2) is 9.63. The van der Waals surface area contributed by atoms with E-state index in [-0.39, 0.29) is 5.41 Å². The van der Waals surface area contributed by atoms with Crippen LogP contribution < -0.4 is 0 Å². The van der Waals surface area contributed by atoms with Crippen molar-refractivity contribution in [2.24, 2.45) is 5.41 Å². The highest BCUT2D eigenvalue weighted by Crippen LogP contribution is 2.50. The number of hydrogen-bond acceptors (Lipinski definition) is 4. The Labute approximate surface area is 230 Å². The van der Waals surface area contributed by atoms with Crippen LogP contribution in [0.15, 0.2) is 97.6 Å². The molecule has 3 aromatic heterocycles. The molecule has 0 amide bonds. The van der Waals surface area contributed by atoms with E-state index in [1.54, 1.807) is 6.20 Å². The van der Waals surface area contributed by atoms with Gasteiger partial charge in [-0.2, -0.15) is 5.10 Å². The van der Waals surface area contributed by atoms with Crippen LogP contribution in [0.5, 0.6) is 0 Å². The van der Waals surface area contributed by atoms with Crippen molar-refractivity contribution in [3.05, 3.63) is 114 Å². The van der Waals surface area contributed by atoms with Crippen molar-refractivity contribution in [3.8, 4) is 28.2 Å². The van der Waals surface area contributed by atoms with Crippen LogP contribution in [-0.4, -0.2) is 49.9 Å². The molecule has 0 unspecified atom stereocenters. The number of aromatic amines is 1. The van der Waals surface area contributed by atoms with E-state index in [0.29, 0.717) is 5.92 Å². The quantitative estimate of drug-likeness (QED) is 0.268. The predicted octanol–water partition coefficient (Wildman–Crippen LogP) is 6.24. The van der Waals surface area contributed by atoms with Crippen LogP contribution >= 0.6 is 0 Å². The van der Waals surface area contributed by atoms with Gasteiger partial charge in [0.05, 0.1) is 11.4 Å². The number of rotatable bonds is 7. The molecule has 0 radical (unpaired) electrons. The summed E-state index contributed by atoms with van der Waals surface area (Å²) in [5.41, 5.74) is 6.14. The van der Waals surface area contributed by atoms with Crippen molar-refractivity contribution >= 4 is 0 Å². The fraction of sp³-hybridized carbons (Fsp3) is 0.273. The molecular formula is C33H35N5O. The van der Waals surface area contributed by atoms with E-state index in [0.717, 1.165) is 52.4 Å². The number of pyridine rings is 1. The van der Waals surface area contributed by atoms with Gasteiger partial charge in [-0.25, -0.2) is 0 Å². The summed E-state index contributed by atoms with van der Waals surface area (Å²) in [7, 11) is 2.09. The van der Waals surface area contributed by atoms with Gasteiger partial charge >= 0.3 is 0 Å². The molecule has 1 fully saturated rings. The Morgan fingerprint density at radius 1 is 0.923 bits per heavy atom. The summed E-state index contributed by atoms with van der Waals surface area (Å²) >= 11 is 0. The Morgan fingerprint density at radius 3 is 2.36 bits per heavy atom. The molecule has 2 N–H and O–H groups in total. The molecule has 6 rings (SSSR count). The number of nitrogens with one attached hydrogen (secondary N) is 1. The van der Waals surface area contributed by atoms with Gasteiger partial charge in [0, 0.05) is 65.7 Å². The first-order chi connectivity index (χ1) is 18.8. The zero-order valence-corrected chi connectivity index (χ0v) is 23.0. The number of aromatic nitrogens is 4. The number of H-pyrrole nitrogens is 1. The highest BCUT2D eigenvalue weighted by atomic mass is 16.3. The summed E-state index contributed by atoms with van der Waals surface area (Å²) in [5.74, 6) is 0.432. The molecule has 2 aromatic carbocycles. The number of para-hydroxylation sites is 1. The van der Waals surface area contributed by atoms with E-state index in [1.165, 1.54) is 5.56 Å². The lowest BCUT2D eigenvalue weighted by atomic mass is 9.62. The smallest absolute Gasteiger partial charge is 0.124 e. The summed E-state index contributed by atoms with van der Waals surface area (Å²) < 4.78 is 2.10. The third-order valence-electron chi connectivity index (χ3n) is 8.19. The largest absolute Gasteiger partial charge is 0.380 e. The van der Waals surface area contributed by atoms with Gasteiger partial charge in [0.25, 0.3) is 0 Å². The standard InChI is InChI=1S/C33H35N5O/c1-23(2)24-10-12-27(13-11-24)33(39,32(3)21-37(4)22-32)28-16-26(18-34-19-28)31-17-30(35-36-31)25-14-15-38(20-25)29-8-6-5-7-9-29/h5-20,23,39H,21-22H2,1-4H3,(H,35,36)/t33-/m0/s1. The monoisotopic (exact) mass is 517 g/mol. The minimum Gasteiger partial charge on any atom is -0.380 e. The summed E-state index contributed by atoms with van der Waals surface area (Å²) in [5, 5.41) is 20.4. The maximum Gasteiger partial charge on any atom is 0.124 e. The normalized spacial score (nSPS) is 16.7. The third-order valence-corrected chi connectivity index (χ3v) is 8.19. The minimum atomic E-state index is -1.19. The first-order valence-electron chi connectivity index (χ1n) is 13.5. The number of nitrogens with zero attached hydrogens (tertiary/aromatic N) is 4. The number of aliphatic hydroxyl groups is 1. The topological polar surface area (TPSA) is 70.0 Å². The van der Waals surface area contributed by atoms with E-state index in [1.807, 2.05) is 42.7 Å². The minimum absolute atomic E-state index is 0.349. The average Bonchev–Trinajstić information content (AvgIpc) is 3.63. The van der Waals surface area contributed by atoms with Gasteiger partial charge in [0.1, 0.15) is 5.60 Å². The molecule has 198 valence electrons. The van der Waals surface area contributed by atoms with E-state index in [4.69, 9.17) is 0 Å². The molecule has 1 saturated heterocycles. The van der Waals surface area contributed by atoms with Crippen LogP contribution in [0.2, 0.25) is 0 Å². The lowest BCUT2D eigenvalue weighted by Crippen LogP contribution is -2.63. The van der Waals surface area contributed by atoms with E-state index >= 15 is 0 Å². The third kappa shape index (κ3) is 4.40. The molecule has 0 aliphatic carbocycles. The van der Waals surface area contributed by atoms with Crippen LogP contribution in [0, 0.1) is 5.41 Å². The van der Waals surface area contributed by atoms with Crippen LogP contribution in [-0.2, 0) is 5.60 Å². The van der Waals surface area contributed by atoms with E-state index < -0.39 is 5.60 Å². The molecule has 1 aliphatic rings. The summed E-state index contributed by atoms with van der Waals surface area (Å²) in [6, 6.07) is 24.8. The molecule has 0 saturated carbocycles. The van der Waals surface area contributed by atoms with Crippen LogP contribution in [0.4, 0.5) is 0 Å². The molecule has 6 nitrogen and oxygen atoms in total. The Hall–Kier alpha value is -4.00. The zero-order valence-electron chi connectivity index (χ0n) is 23.0. The maximum atomic E-state index is 12.5. The van der Waals surface area contributed by atoms with Crippen molar-refractivity contribution in [1.82, 2.24) is 24.6 Å². The SMILES string of the molecule is CC(C)c1ccc([C@](O)(c2cncc(-c3cc(-c4ccn(-c5ccccc5)c4)[nH]n3)c2)C2(C)CN(C)C2)cc1. The summed E-state index contributed by atoms with van der Waals surface area (Å²) in [4.78, 5) is 6.83. The van der Waals surface area contributed by atoms with Crippen molar-refractivity contribution in [2.75, 3.05) is 20.1 Å². The molecule has 1 atom stereocenters. The van der Waals surface area contributed by atoms with Crippen LogP contribution in [0.1, 0.15) is 43.4 Å². The number of likely N-dealkylation sites (tertiary alicyclic amines) is 1. The summed E-state index contributed by atoms with van der Waals surface area (Å²) in [6.07, 6.45) is 7.76. The fourth-order valence-electron chi connectivity index (χ4n) is 6.06. The Bertz CT molecular complexity index is 1580. The number of hydrogen-bond donors (Lipinski definition) is 2. The molecule has 6 heteroatoms. The molecule has 39 heavy (non-hydrogen) atoms. The second-order valence-electron chi connectivity index (χ2n) is 11.5. The van der Waals surface area contributed by atoms with Gasteiger partial charge in [-0.3, -0.25) is 10.1 Å². The maximum absolute atomic E-state index is 12.5. The van der Waals surface area contributed by atoms with Crippen LogP contribution in [0.25, 0.3) is 28.2 Å². The van der Waals surface area contributed by atoms with Gasteiger partial charge in [-0.05, 0) is 54.4 Å². The van der Waals surface area contributed by atoms with Crippen LogP contribution in [0.3, 0.4) is 0 Å². The van der Waals surface area contributed by atoms with Gasteiger partial charge in [0.15, 0.2) is 0 Å². The highest BCUT2D eigenvalue weighted by molar-refractivity contribution is 5.68. The van der Waals surface area contributed by atoms with E-state index in [9.17, 15) is 5.11 Å². The highest BCUT2D eigenvalue weighted by Gasteiger charge is 2.55. The predicted molar refractivity (Wildman–Crippen MR) is 156 cm³/mol. The molecule has 0 spiro atoms. The first kappa shape index (κ1) is 25.3. The Balaban J connectivity index is 1.35. The average molecular weight is 518 g/mol. The van der Waals surface area contributed by atoms with Crippen molar-refractivity contribution in [2.45, 2.75) is 32.3 Å². The molecule has 5 aromatic rings. The molecule has 1 aliphatic heterocycles. The van der Waals surface area contributed by atoms with Crippen molar-refractivity contribution in [3.63, 3.8) is 0 Å². The fourth-order valence-corrected chi connectivity index (χ4v) is 6.06. The van der Waals surface area contributed by atoms with Gasteiger partial charge in [-0.15, -0.1) is 0 Å². The van der Waals surface area contributed by atoms with Gasteiger partial charge in [-0.1, -0.05) is 63.2 Å².